The highest BCUT2D eigenvalue weighted by Crippen LogP contribution is 2.58. The summed E-state index contributed by atoms with van der Waals surface area (Å²) in [7, 11) is 0. The van der Waals surface area contributed by atoms with Gasteiger partial charge in [0.1, 0.15) is 0 Å². The fraction of sp³-hybridized carbons (Fsp3) is 0.812. The van der Waals surface area contributed by atoms with Crippen molar-refractivity contribution in [2.45, 2.75) is 58.9 Å². The van der Waals surface area contributed by atoms with Gasteiger partial charge in [0.2, 0.25) is 6.04 Å². The van der Waals surface area contributed by atoms with Crippen molar-refractivity contribution in [1.29, 1.82) is 0 Å². The molecule has 0 saturated heterocycles. The van der Waals surface area contributed by atoms with Gasteiger partial charge in [0.15, 0.2) is 0 Å². The van der Waals surface area contributed by atoms with Gasteiger partial charge in [-0.25, -0.2) is 6.57 Å². The highest BCUT2D eigenvalue weighted by Gasteiger charge is 2.52. The number of allylic oxidation sites excluding steroid dienone is 1. The summed E-state index contributed by atoms with van der Waals surface area (Å²) in [6.45, 7) is 18.6. The maximum absolute atomic E-state index is 7.49. The van der Waals surface area contributed by atoms with Gasteiger partial charge < -0.3 is 4.85 Å². The van der Waals surface area contributed by atoms with Crippen molar-refractivity contribution < 1.29 is 0 Å². The molecule has 0 amide bonds. The maximum atomic E-state index is 7.49. The predicted octanol–water partition coefficient (Wildman–Crippen LogP) is 4.70. The van der Waals surface area contributed by atoms with Crippen molar-refractivity contribution >= 4 is 0 Å². The maximum Gasteiger partial charge on any atom is 0.229 e. The quantitative estimate of drug-likeness (QED) is 0.479. The minimum atomic E-state index is 0.205. The van der Waals surface area contributed by atoms with Crippen molar-refractivity contribution in [2.24, 2.45) is 23.2 Å². The molecule has 0 bridgehead atoms. The van der Waals surface area contributed by atoms with Gasteiger partial charge >= 0.3 is 0 Å². The van der Waals surface area contributed by atoms with Crippen LogP contribution in [0.4, 0.5) is 0 Å². The van der Waals surface area contributed by atoms with E-state index in [1.807, 2.05) is 0 Å². The molecule has 1 nitrogen and oxygen atoms in total. The van der Waals surface area contributed by atoms with Crippen LogP contribution in [-0.2, 0) is 0 Å². The van der Waals surface area contributed by atoms with Crippen LogP contribution in [-0.4, -0.2) is 6.04 Å². The monoisotopic (exact) mass is 231 g/mol. The first kappa shape index (κ1) is 12.7. The summed E-state index contributed by atoms with van der Waals surface area (Å²) in [5, 5.41) is 0. The molecule has 1 heteroatoms. The lowest BCUT2D eigenvalue weighted by molar-refractivity contribution is 0.163. The minimum absolute atomic E-state index is 0.205. The van der Waals surface area contributed by atoms with E-state index in [1.165, 1.54) is 37.7 Å². The largest absolute Gasteiger partial charge is 0.313 e. The van der Waals surface area contributed by atoms with E-state index < -0.39 is 0 Å². The van der Waals surface area contributed by atoms with Crippen LogP contribution in [0.2, 0.25) is 0 Å². The minimum Gasteiger partial charge on any atom is -0.313 e. The zero-order chi connectivity index (χ0) is 12.6. The van der Waals surface area contributed by atoms with E-state index in [-0.39, 0.29) is 6.04 Å². The molecule has 0 aromatic carbocycles. The molecule has 0 aliphatic heterocycles. The molecule has 0 radical (unpaired) electrons. The van der Waals surface area contributed by atoms with Gasteiger partial charge in [-0.3, -0.25) is 0 Å². The normalized spacial score (nSPS) is 38.9. The summed E-state index contributed by atoms with van der Waals surface area (Å²) in [5.74, 6) is 1.68. The van der Waals surface area contributed by atoms with E-state index in [4.69, 9.17) is 6.57 Å². The molecule has 0 heterocycles. The second-order valence-electron chi connectivity index (χ2n) is 6.71. The van der Waals surface area contributed by atoms with Crippen molar-refractivity contribution in [3.8, 4) is 0 Å². The first-order valence-corrected chi connectivity index (χ1v) is 7.04. The first-order chi connectivity index (χ1) is 7.99. The Labute approximate surface area is 106 Å². The highest BCUT2D eigenvalue weighted by molar-refractivity contribution is 5.18. The summed E-state index contributed by atoms with van der Waals surface area (Å²) in [6.07, 6.45) is 6.39. The number of rotatable bonds is 2. The van der Waals surface area contributed by atoms with Crippen LogP contribution in [0.25, 0.3) is 4.85 Å². The van der Waals surface area contributed by atoms with E-state index >= 15 is 0 Å². The van der Waals surface area contributed by atoms with E-state index in [0.29, 0.717) is 23.2 Å². The summed E-state index contributed by atoms with van der Waals surface area (Å²) in [5.41, 5.74) is 1.90. The van der Waals surface area contributed by atoms with Crippen LogP contribution in [0.5, 0.6) is 0 Å². The lowest BCUT2D eigenvalue weighted by Gasteiger charge is -2.40. The van der Waals surface area contributed by atoms with Crippen molar-refractivity contribution in [2.75, 3.05) is 0 Å². The van der Waals surface area contributed by atoms with Crippen molar-refractivity contribution in [1.82, 2.24) is 0 Å². The Morgan fingerprint density at radius 1 is 1.41 bits per heavy atom. The molecule has 17 heavy (non-hydrogen) atoms. The molecular weight excluding hydrogens is 206 g/mol. The molecule has 4 atom stereocenters. The molecule has 2 aliphatic rings. The molecule has 0 aromatic heterocycles. The van der Waals surface area contributed by atoms with Gasteiger partial charge in [0.25, 0.3) is 0 Å². The third-order valence-electron chi connectivity index (χ3n) is 5.18. The van der Waals surface area contributed by atoms with Gasteiger partial charge in [0.05, 0.1) is 0 Å². The zero-order valence-electron chi connectivity index (χ0n) is 11.5. The topological polar surface area (TPSA) is 4.36 Å². The summed E-state index contributed by atoms with van der Waals surface area (Å²) in [6, 6.07) is 0.205. The van der Waals surface area contributed by atoms with E-state index in [0.717, 1.165) is 0 Å². The van der Waals surface area contributed by atoms with Crippen LogP contribution in [0, 0.1) is 29.7 Å². The third kappa shape index (κ3) is 2.03. The molecule has 0 N–H and O–H groups in total. The Bertz CT molecular complexity index is 349. The smallest absolute Gasteiger partial charge is 0.229 e. The molecular formula is C16H25N. The molecule has 0 unspecified atom stereocenters. The number of hydrogen-bond acceptors (Lipinski definition) is 0. The fourth-order valence-corrected chi connectivity index (χ4v) is 4.39. The molecule has 0 aromatic rings. The lowest BCUT2D eigenvalue weighted by atomic mass is 9.64. The Morgan fingerprint density at radius 3 is 2.71 bits per heavy atom. The first-order valence-electron chi connectivity index (χ1n) is 7.04. The summed E-state index contributed by atoms with van der Waals surface area (Å²) >= 11 is 0. The third-order valence-corrected chi connectivity index (χ3v) is 5.18. The Balaban J connectivity index is 2.26. The molecule has 2 saturated carbocycles. The number of fused-ring (bicyclic) bond motifs is 1. The van der Waals surface area contributed by atoms with Gasteiger partial charge in [-0.05, 0) is 43.4 Å². The number of nitrogens with zero attached hydrogens (tertiary/aromatic N) is 1. The number of hydrogen-bond donors (Lipinski definition) is 0. The van der Waals surface area contributed by atoms with Gasteiger partial charge in [-0.15, -0.1) is 0 Å². The Hall–Kier alpha value is -0.770. The second-order valence-corrected chi connectivity index (χ2v) is 6.71. The Morgan fingerprint density at radius 2 is 2.12 bits per heavy atom. The van der Waals surface area contributed by atoms with Gasteiger partial charge in [0, 0.05) is 11.8 Å². The second kappa shape index (κ2) is 4.48. The van der Waals surface area contributed by atoms with E-state index in [9.17, 15) is 0 Å². The van der Waals surface area contributed by atoms with Crippen LogP contribution >= 0.6 is 0 Å². The standard InChI is InChI=1S/C16H25N/c1-11(2)15(17-5)13-8-10-16(4)9-6-7-12(3)14(13)16/h11,13-15H,3,6-10H2,1-2,4H3/t13-,14+,15-,16-/m1/s1. The van der Waals surface area contributed by atoms with E-state index in [1.54, 1.807) is 0 Å². The average molecular weight is 231 g/mol. The molecule has 2 fully saturated rings. The molecule has 2 rings (SSSR count). The zero-order valence-corrected chi connectivity index (χ0v) is 11.5. The molecule has 94 valence electrons. The van der Waals surface area contributed by atoms with Gasteiger partial charge in [-0.1, -0.05) is 32.9 Å². The summed E-state index contributed by atoms with van der Waals surface area (Å²) in [4.78, 5) is 3.94. The van der Waals surface area contributed by atoms with Crippen LogP contribution in [0.3, 0.4) is 0 Å². The fourth-order valence-electron chi connectivity index (χ4n) is 4.39. The molecule has 2 aliphatic carbocycles. The summed E-state index contributed by atoms with van der Waals surface area (Å²) < 4.78 is 0. The SMILES string of the molecule is [C-]#[N+][C@H](C(C)C)[C@@H]1CC[C@@]2(C)CCCC(=C)[C@@H]12. The Kier molecular flexibility index (Phi) is 3.34. The lowest BCUT2D eigenvalue weighted by Crippen LogP contribution is -2.35. The van der Waals surface area contributed by atoms with Gasteiger partial charge in [-0.2, -0.15) is 0 Å². The average Bonchev–Trinajstić information content (AvgIpc) is 2.58. The van der Waals surface area contributed by atoms with E-state index in [2.05, 4.69) is 32.2 Å². The van der Waals surface area contributed by atoms with Crippen LogP contribution < -0.4 is 0 Å². The van der Waals surface area contributed by atoms with Crippen molar-refractivity contribution in [3.63, 3.8) is 0 Å². The van der Waals surface area contributed by atoms with Crippen molar-refractivity contribution in [3.05, 3.63) is 23.6 Å². The van der Waals surface area contributed by atoms with Crippen LogP contribution in [0.1, 0.15) is 52.9 Å². The highest BCUT2D eigenvalue weighted by atomic mass is 14.8. The predicted molar refractivity (Wildman–Crippen MR) is 72.5 cm³/mol. The molecule has 0 spiro atoms. The van der Waals surface area contributed by atoms with Crippen LogP contribution in [0.15, 0.2) is 12.2 Å².